The fraction of sp³-hybridized carbons (Fsp3) is 0.467. The first-order valence-electron chi connectivity index (χ1n) is 7.00. The van der Waals surface area contributed by atoms with Crippen LogP contribution in [0.25, 0.3) is 0 Å². The maximum absolute atomic E-state index is 12.0. The molecule has 1 fully saturated rings. The van der Waals surface area contributed by atoms with E-state index in [0.29, 0.717) is 31.0 Å². The molecule has 1 heterocycles. The second-order valence-corrected chi connectivity index (χ2v) is 4.82. The van der Waals surface area contributed by atoms with Crippen molar-refractivity contribution >= 4 is 17.5 Å². The molecule has 0 bridgehead atoms. The summed E-state index contributed by atoms with van der Waals surface area (Å²) in [5.74, 6) is -0.357. The van der Waals surface area contributed by atoms with Crippen molar-refractivity contribution < 1.29 is 19.1 Å². The lowest BCUT2D eigenvalue weighted by Crippen LogP contribution is -2.28. The lowest BCUT2D eigenvalue weighted by Gasteiger charge is -2.11. The van der Waals surface area contributed by atoms with Crippen LogP contribution in [-0.4, -0.2) is 44.8 Å². The van der Waals surface area contributed by atoms with Crippen LogP contribution in [0.3, 0.4) is 0 Å². The maximum Gasteiger partial charge on any atom is 0.253 e. The highest BCUT2D eigenvalue weighted by Gasteiger charge is 2.23. The fourth-order valence-electron chi connectivity index (χ4n) is 2.11. The third kappa shape index (κ3) is 4.54. The quantitative estimate of drug-likeness (QED) is 0.772. The number of rotatable bonds is 6. The Labute approximate surface area is 123 Å². The average Bonchev–Trinajstić information content (AvgIpc) is 3.02. The summed E-state index contributed by atoms with van der Waals surface area (Å²) in [4.78, 5) is 23.9. The number of benzene rings is 1. The van der Waals surface area contributed by atoms with Gasteiger partial charge in [-0.3, -0.25) is 9.59 Å². The molecule has 114 valence electrons. The van der Waals surface area contributed by atoms with Crippen LogP contribution in [0.5, 0.6) is 0 Å². The van der Waals surface area contributed by atoms with Crippen molar-refractivity contribution in [2.75, 3.05) is 32.2 Å². The zero-order valence-electron chi connectivity index (χ0n) is 12.1. The Balaban J connectivity index is 1.93. The van der Waals surface area contributed by atoms with E-state index in [0.717, 1.165) is 12.8 Å². The molecule has 1 aromatic rings. The highest BCUT2D eigenvalue weighted by molar-refractivity contribution is 5.98. The Bertz CT molecular complexity index is 498. The predicted molar refractivity (Wildman–Crippen MR) is 78.3 cm³/mol. The molecular formula is C15H20N2O4. The van der Waals surface area contributed by atoms with Gasteiger partial charge < -0.3 is 20.1 Å². The normalized spacial score (nSPS) is 17.5. The van der Waals surface area contributed by atoms with Gasteiger partial charge in [-0.05, 0) is 31.0 Å². The van der Waals surface area contributed by atoms with Gasteiger partial charge in [0.25, 0.3) is 11.8 Å². The topological polar surface area (TPSA) is 76.7 Å². The van der Waals surface area contributed by atoms with Gasteiger partial charge in [0.05, 0.1) is 6.61 Å². The van der Waals surface area contributed by atoms with Crippen molar-refractivity contribution in [3.05, 3.63) is 29.8 Å². The lowest BCUT2D eigenvalue weighted by atomic mass is 10.1. The van der Waals surface area contributed by atoms with E-state index in [-0.39, 0.29) is 17.9 Å². The standard InChI is InChI=1S/C15H20N2O4/c1-20-9-7-16-14(18)11-4-2-5-12(10-11)17-15(19)13-6-3-8-21-13/h2,4-5,10,13H,3,6-9H2,1H3,(H,16,18)(H,17,19). The molecule has 0 saturated carbocycles. The monoisotopic (exact) mass is 292 g/mol. The number of ether oxygens (including phenoxy) is 2. The van der Waals surface area contributed by atoms with Crippen LogP contribution >= 0.6 is 0 Å². The average molecular weight is 292 g/mol. The fourth-order valence-corrected chi connectivity index (χ4v) is 2.11. The summed E-state index contributed by atoms with van der Waals surface area (Å²) >= 11 is 0. The van der Waals surface area contributed by atoms with E-state index in [1.54, 1.807) is 31.4 Å². The summed E-state index contributed by atoms with van der Waals surface area (Å²) in [5.41, 5.74) is 1.09. The van der Waals surface area contributed by atoms with E-state index < -0.39 is 0 Å². The summed E-state index contributed by atoms with van der Waals surface area (Å²) in [5, 5.41) is 5.51. The van der Waals surface area contributed by atoms with Gasteiger partial charge in [-0.15, -0.1) is 0 Å². The Morgan fingerprint density at radius 2 is 2.29 bits per heavy atom. The second-order valence-electron chi connectivity index (χ2n) is 4.82. The Kier molecular flexibility index (Phi) is 5.71. The first-order chi connectivity index (χ1) is 10.2. The molecule has 2 rings (SSSR count). The molecule has 0 spiro atoms. The molecular weight excluding hydrogens is 272 g/mol. The number of methoxy groups -OCH3 is 1. The summed E-state index contributed by atoms with van der Waals surface area (Å²) < 4.78 is 10.2. The van der Waals surface area contributed by atoms with Crippen LogP contribution in [0.15, 0.2) is 24.3 Å². The predicted octanol–water partition coefficient (Wildman–Crippen LogP) is 1.18. The number of carbonyl (C=O) groups excluding carboxylic acids is 2. The first kappa shape index (κ1) is 15.5. The maximum atomic E-state index is 12.0. The zero-order chi connectivity index (χ0) is 15.1. The molecule has 21 heavy (non-hydrogen) atoms. The molecule has 2 amide bonds. The summed E-state index contributed by atoms with van der Waals surface area (Å²) in [6, 6.07) is 6.83. The molecule has 1 saturated heterocycles. The van der Waals surface area contributed by atoms with Gasteiger partial charge in [0.1, 0.15) is 6.10 Å². The minimum absolute atomic E-state index is 0.163. The molecule has 1 aliphatic heterocycles. The van der Waals surface area contributed by atoms with Crippen molar-refractivity contribution in [1.29, 1.82) is 0 Å². The van der Waals surface area contributed by atoms with E-state index in [9.17, 15) is 9.59 Å². The van der Waals surface area contributed by atoms with E-state index in [4.69, 9.17) is 9.47 Å². The van der Waals surface area contributed by atoms with Crippen molar-refractivity contribution in [2.45, 2.75) is 18.9 Å². The summed E-state index contributed by atoms with van der Waals surface area (Å²) in [6.07, 6.45) is 1.26. The molecule has 0 radical (unpaired) electrons. The molecule has 6 nitrogen and oxygen atoms in total. The van der Waals surface area contributed by atoms with Crippen molar-refractivity contribution in [3.63, 3.8) is 0 Å². The second kappa shape index (κ2) is 7.75. The van der Waals surface area contributed by atoms with Crippen LogP contribution in [0, 0.1) is 0 Å². The molecule has 1 atom stereocenters. The van der Waals surface area contributed by atoms with Crippen LogP contribution in [-0.2, 0) is 14.3 Å². The molecule has 1 aromatic carbocycles. The minimum atomic E-state index is -0.385. The van der Waals surface area contributed by atoms with Crippen LogP contribution < -0.4 is 10.6 Å². The van der Waals surface area contributed by atoms with Gasteiger partial charge in [-0.25, -0.2) is 0 Å². The number of nitrogens with one attached hydrogen (secondary N) is 2. The number of amides is 2. The Hall–Kier alpha value is -1.92. The highest BCUT2D eigenvalue weighted by Crippen LogP contribution is 2.16. The molecule has 1 aliphatic rings. The molecule has 1 unspecified atom stereocenters. The number of anilines is 1. The molecule has 0 aromatic heterocycles. The first-order valence-corrected chi connectivity index (χ1v) is 7.00. The molecule has 0 aliphatic carbocycles. The van der Waals surface area contributed by atoms with E-state index >= 15 is 0 Å². The smallest absolute Gasteiger partial charge is 0.253 e. The van der Waals surface area contributed by atoms with Crippen molar-refractivity contribution in [1.82, 2.24) is 5.32 Å². The summed E-state index contributed by atoms with van der Waals surface area (Å²) in [7, 11) is 1.58. The van der Waals surface area contributed by atoms with Gasteiger partial charge in [0.15, 0.2) is 0 Å². The SMILES string of the molecule is COCCNC(=O)c1cccc(NC(=O)C2CCCO2)c1. The van der Waals surface area contributed by atoms with E-state index in [1.165, 1.54) is 0 Å². The van der Waals surface area contributed by atoms with Gasteiger partial charge in [0, 0.05) is 31.5 Å². The minimum Gasteiger partial charge on any atom is -0.383 e. The number of hydrogen-bond acceptors (Lipinski definition) is 4. The lowest BCUT2D eigenvalue weighted by molar-refractivity contribution is -0.124. The van der Waals surface area contributed by atoms with Crippen molar-refractivity contribution in [2.24, 2.45) is 0 Å². The van der Waals surface area contributed by atoms with E-state index in [2.05, 4.69) is 10.6 Å². The molecule has 2 N–H and O–H groups in total. The summed E-state index contributed by atoms with van der Waals surface area (Å²) in [6.45, 7) is 1.53. The third-order valence-corrected chi connectivity index (χ3v) is 3.21. The number of hydrogen-bond donors (Lipinski definition) is 2. The Morgan fingerprint density at radius 1 is 1.43 bits per heavy atom. The van der Waals surface area contributed by atoms with Gasteiger partial charge in [0.2, 0.25) is 0 Å². The van der Waals surface area contributed by atoms with Crippen molar-refractivity contribution in [3.8, 4) is 0 Å². The zero-order valence-corrected chi connectivity index (χ0v) is 12.1. The van der Waals surface area contributed by atoms with Crippen LogP contribution in [0.1, 0.15) is 23.2 Å². The van der Waals surface area contributed by atoms with Crippen LogP contribution in [0.2, 0.25) is 0 Å². The molecule has 6 heteroatoms. The van der Waals surface area contributed by atoms with Gasteiger partial charge in [-0.1, -0.05) is 6.07 Å². The largest absolute Gasteiger partial charge is 0.383 e. The van der Waals surface area contributed by atoms with Gasteiger partial charge >= 0.3 is 0 Å². The number of carbonyl (C=O) groups is 2. The van der Waals surface area contributed by atoms with E-state index in [1.807, 2.05) is 0 Å². The third-order valence-electron chi connectivity index (χ3n) is 3.21. The van der Waals surface area contributed by atoms with Crippen LogP contribution in [0.4, 0.5) is 5.69 Å². The van der Waals surface area contributed by atoms with Gasteiger partial charge in [-0.2, -0.15) is 0 Å². The Morgan fingerprint density at radius 3 is 3.00 bits per heavy atom. The highest BCUT2D eigenvalue weighted by atomic mass is 16.5.